The summed E-state index contributed by atoms with van der Waals surface area (Å²) in [7, 11) is 1.59. The van der Waals surface area contributed by atoms with E-state index in [4.69, 9.17) is 9.52 Å². The van der Waals surface area contributed by atoms with Crippen LogP contribution in [-0.2, 0) is 16.0 Å². The van der Waals surface area contributed by atoms with Crippen LogP contribution < -0.4 is 0 Å². The van der Waals surface area contributed by atoms with Crippen LogP contribution in [-0.4, -0.2) is 35.5 Å². The number of furan rings is 1. The second-order valence-corrected chi connectivity index (χ2v) is 3.77. The van der Waals surface area contributed by atoms with E-state index in [9.17, 15) is 9.59 Å². The Kier molecular flexibility index (Phi) is 4.10. The first kappa shape index (κ1) is 12.3. The van der Waals surface area contributed by atoms with Gasteiger partial charge in [-0.2, -0.15) is 0 Å². The molecule has 0 saturated heterocycles. The zero-order chi connectivity index (χ0) is 12.1. The van der Waals surface area contributed by atoms with Crippen LogP contribution in [0, 0.1) is 5.92 Å². The first-order chi connectivity index (χ1) is 7.50. The number of carboxylic acid groups (broad SMARTS) is 1. The zero-order valence-electron chi connectivity index (χ0n) is 9.34. The van der Waals surface area contributed by atoms with Crippen molar-refractivity contribution >= 4 is 11.9 Å². The maximum Gasteiger partial charge on any atom is 0.308 e. The van der Waals surface area contributed by atoms with Crippen molar-refractivity contribution in [3.05, 3.63) is 24.2 Å². The van der Waals surface area contributed by atoms with E-state index >= 15 is 0 Å². The number of carboxylic acids is 1. The second kappa shape index (κ2) is 5.34. The highest BCUT2D eigenvalue weighted by Crippen LogP contribution is 2.05. The van der Waals surface area contributed by atoms with Gasteiger partial charge in [0.2, 0.25) is 5.91 Å². The van der Waals surface area contributed by atoms with Gasteiger partial charge in [-0.15, -0.1) is 0 Å². The van der Waals surface area contributed by atoms with Gasteiger partial charge >= 0.3 is 5.97 Å². The first-order valence-electron chi connectivity index (χ1n) is 5.00. The van der Waals surface area contributed by atoms with Crippen LogP contribution >= 0.6 is 0 Å². The summed E-state index contributed by atoms with van der Waals surface area (Å²) in [4.78, 5) is 23.7. The van der Waals surface area contributed by atoms with Crippen LogP contribution in [0.4, 0.5) is 0 Å². The van der Waals surface area contributed by atoms with Gasteiger partial charge < -0.3 is 14.4 Å². The van der Waals surface area contributed by atoms with E-state index in [0.717, 1.165) is 0 Å². The van der Waals surface area contributed by atoms with Crippen LogP contribution in [0.1, 0.15) is 12.7 Å². The minimum Gasteiger partial charge on any atom is -0.481 e. The van der Waals surface area contributed by atoms with Crippen molar-refractivity contribution in [2.24, 2.45) is 5.92 Å². The molecule has 1 unspecified atom stereocenters. The summed E-state index contributed by atoms with van der Waals surface area (Å²) in [6, 6.07) is 3.43. The summed E-state index contributed by atoms with van der Waals surface area (Å²) >= 11 is 0. The summed E-state index contributed by atoms with van der Waals surface area (Å²) in [5.41, 5.74) is 0. The third kappa shape index (κ3) is 3.42. The van der Waals surface area contributed by atoms with E-state index in [0.29, 0.717) is 5.76 Å². The van der Waals surface area contributed by atoms with Gasteiger partial charge in [0.25, 0.3) is 0 Å². The molecule has 1 heterocycles. The molecule has 0 aliphatic rings. The molecule has 1 N–H and O–H groups in total. The largest absolute Gasteiger partial charge is 0.481 e. The van der Waals surface area contributed by atoms with Gasteiger partial charge in [-0.1, -0.05) is 6.92 Å². The van der Waals surface area contributed by atoms with E-state index in [-0.39, 0.29) is 18.9 Å². The molecule has 0 spiro atoms. The molecule has 0 aliphatic heterocycles. The van der Waals surface area contributed by atoms with Crippen molar-refractivity contribution < 1.29 is 19.1 Å². The minimum absolute atomic E-state index is 0.150. The lowest BCUT2D eigenvalue weighted by Crippen LogP contribution is -2.34. The Morgan fingerprint density at radius 2 is 2.25 bits per heavy atom. The molecule has 16 heavy (non-hydrogen) atoms. The highest BCUT2D eigenvalue weighted by atomic mass is 16.4. The highest BCUT2D eigenvalue weighted by molar-refractivity contribution is 5.78. The zero-order valence-corrected chi connectivity index (χ0v) is 9.34. The topological polar surface area (TPSA) is 70.8 Å². The number of carbonyl (C=O) groups excluding carboxylic acids is 1. The van der Waals surface area contributed by atoms with Crippen LogP contribution in [0.25, 0.3) is 0 Å². The number of aliphatic carboxylic acids is 1. The lowest BCUT2D eigenvalue weighted by atomic mass is 10.1. The monoisotopic (exact) mass is 225 g/mol. The Morgan fingerprint density at radius 3 is 2.75 bits per heavy atom. The quantitative estimate of drug-likeness (QED) is 0.811. The predicted octanol–water partition coefficient (Wildman–Crippen LogP) is 1.00. The maximum absolute atomic E-state index is 11.6. The molecule has 0 saturated carbocycles. The van der Waals surface area contributed by atoms with Gasteiger partial charge in [0, 0.05) is 13.6 Å². The summed E-state index contributed by atoms with van der Waals surface area (Å²) in [5, 5.41) is 8.71. The van der Waals surface area contributed by atoms with Crippen molar-refractivity contribution in [3.8, 4) is 0 Å². The molecular weight excluding hydrogens is 210 g/mol. The van der Waals surface area contributed by atoms with Crippen molar-refractivity contribution in [2.75, 3.05) is 13.6 Å². The molecule has 0 aromatic carbocycles. The predicted molar refractivity (Wildman–Crippen MR) is 56.8 cm³/mol. The molecule has 1 aromatic rings. The molecule has 0 aliphatic carbocycles. The average molecular weight is 225 g/mol. The lowest BCUT2D eigenvalue weighted by Gasteiger charge is -2.18. The summed E-state index contributed by atoms with van der Waals surface area (Å²) in [6.45, 7) is 1.77. The molecule has 1 aromatic heterocycles. The van der Waals surface area contributed by atoms with Crippen LogP contribution in [0.2, 0.25) is 0 Å². The number of amides is 1. The molecule has 0 bridgehead atoms. The first-order valence-corrected chi connectivity index (χ1v) is 5.00. The third-order valence-corrected chi connectivity index (χ3v) is 2.30. The number of likely N-dealkylation sites (N-methyl/N-ethyl adjacent to an activating group) is 1. The van der Waals surface area contributed by atoms with Crippen LogP contribution in [0.3, 0.4) is 0 Å². The second-order valence-electron chi connectivity index (χ2n) is 3.77. The van der Waals surface area contributed by atoms with Crippen molar-refractivity contribution in [1.82, 2.24) is 4.90 Å². The molecular formula is C11H15NO4. The van der Waals surface area contributed by atoms with E-state index in [1.54, 1.807) is 26.1 Å². The van der Waals surface area contributed by atoms with E-state index in [1.165, 1.54) is 11.2 Å². The SMILES string of the molecule is CC(CN(C)C(=O)Cc1ccco1)C(=O)O. The van der Waals surface area contributed by atoms with E-state index in [1.807, 2.05) is 0 Å². The highest BCUT2D eigenvalue weighted by Gasteiger charge is 2.17. The van der Waals surface area contributed by atoms with Crippen LogP contribution in [0.15, 0.2) is 22.8 Å². The number of hydrogen-bond donors (Lipinski definition) is 1. The standard InChI is InChI=1S/C11H15NO4/c1-8(11(14)15)7-12(2)10(13)6-9-4-3-5-16-9/h3-5,8H,6-7H2,1-2H3,(H,14,15). The Hall–Kier alpha value is -1.78. The fourth-order valence-corrected chi connectivity index (χ4v) is 1.29. The number of nitrogens with zero attached hydrogens (tertiary/aromatic N) is 1. The van der Waals surface area contributed by atoms with Crippen molar-refractivity contribution in [2.45, 2.75) is 13.3 Å². The molecule has 0 fully saturated rings. The van der Waals surface area contributed by atoms with Gasteiger partial charge in [0.05, 0.1) is 18.6 Å². The van der Waals surface area contributed by atoms with E-state index in [2.05, 4.69) is 0 Å². The third-order valence-electron chi connectivity index (χ3n) is 2.30. The van der Waals surface area contributed by atoms with E-state index < -0.39 is 11.9 Å². The number of rotatable bonds is 5. The van der Waals surface area contributed by atoms with Crippen molar-refractivity contribution in [1.29, 1.82) is 0 Å². The smallest absolute Gasteiger partial charge is 0.308 e. The average Bonchev–Trinajstić information content (AvgIpc) is 2.69. The molecule has 1 rings (SSSR count). The fraction of sp³-hybridized carbons (Fsp3) is 0.455. The Bertz CT molecular complexity index is 358. The molecule has 88 valence electrons. The molecule has 1 amide bonds. The van der Waals surface area contributed by atoms with Gasteiger partial charge in [-0.25, -0.2) is 0 Å². The Labute approximate surface area is 93.7 Å². The summed E-state index contributed by atoms with van der Waals surface area (Å²) in [5.74, 6) is -1.04. The number of carbonyl (C=O) groups is 2. The van der Waals surface area contributed by atoms with Gasteiger partial charge in [0.1, 0.15) is 5.76 Å². The molecule has 0 radical (unpaired) electrons. The lowest BCUT2D eigenvalue weighted by molar-refractivity contribution is -0.142. The molecule has 5 nitrogen and oxygen atoms in total. The fourth-order valence-electron chi connectivity index (χ4n) is 1.29. The Balaban J connectivity index is 2.45. The normalized spacial score (nSPS) is 12.1. The van der Waals surface area contributed by atoms with Crippen molar-refractivity contribution in [3.63, 3.8) is 0 Å². The molecule has 5 heteroatoms. The number of hydrogen-bond acceptors (Lipinski definition) is 3. The van der Waals surface area contributed by atoms with Gasteiger partial charge in [0.15, 0.2) is 0 Å². The summed E-state index contributed by atoms with van der Waals surface area (Å²) in [6.07, 6.45) is 1.67. The van der Waals surface area contributed by atoms with Gasteiger partial charge in [-0.3, -0.25) is 9.59 Å². The Morgan fingerprint density at radius 1 is 1.56 bits per heavy atom. The minimum atomic E-state index is -0.905. The van der Waals surface area contributed by atoms with Crippen LogP contribution in [0.5, 0.6) is 0 Å². The molecule has 1 atom stereocenters. The summed E-state index contributed by atoms with van der Waals surface area (Å²) < 4.78 is 5.04. The van der Waals surface area contributed by atoms with Gasteiger partial charge in [-0.05, 0) is 12.1 Å². The maximum atomic E-state index is 11.6.